The van der Waals surface area contributed by atoms with Crippen LogP contribution in [0.2, 0.25) is 0 Å². The fourth-order valence-electron chi connectivity index (χ4n) is 3.69. The largest absolute Gasteiger partial charge is 0.481 e. The van der Waals surface area contributed by atoms with E-state index in [2.05, 4.69) is 21.3 Å². The summed E-state index contributed by atoms with van der Waals surface area (Å²) >= 11 is 0. The summed E-state index contributed by atoms with van der Waals surface area (Å²) in [6.45, 7) is 9.05. The first-order chi connectivity index (χ1) is 18.7. The third-order valence-electron chi connectivity index (χ3n) is 6.95. The topological polar surface area (TPSA) is 243 Å². The number of carboxylic acids is 2. The van der Waals surface area contributed by atoms with E-state index in [1.807, 2.05) is 20.8 Å². The fourth-order valence-corrected chi connectivity index (χ4v) is 3.69. The maximum absolute atomic E-state index is 13.1. The average molecular weight is 573 g/mol. The van der Waals surface area contributed by atoms with Gasteiger partial charge in [0.05, 0.1) is 6.04 Å². The molecule has 14 heteroatoms. The van der Waals surface area contributed by atoms with Crippen molar-refractivity contribution in [2.75, 3.05) is 6.54 Å². The molecule has 0 aliphatic carbocycles. The molecular weight excluding hydrogens is 524 g/mol. The molecule has 0 aliphatic rings. The third kappa shape index (κ3) is 13.2. The molecule has 0 saturated heterocycles. The Kier molecular flexibility index (Phi) is 17.4. The highest BCUT2D eigenvalue weighted by atomic mass is 16.4. The van der Waals surface area contributed by atoms with Crippen molar-refractivity contribution in [1.82, 2.24) is 21.3 Å². The SMILES string of the molecule is CCC(C)C(N)C(=O)NC(C(=O)NC(C)C(=O)NC(CCC(=O)O)C(=O)NC(CCCCN)C(=O)O)C(C)CC. The van der Waals surface area contributed by atoms with Crippen LogP contribution in [-0.4, -0.2) is 82.5 Å². The van der Waals surface area contributed by atoms with E-state index in [0.717, 1.165) is 0 Å². The van der Waals surface area contributed by atoms with Crippen molar-refractivity contribution < 1.29 is 39.0 Å². The highest BCUT2D eigenvalue weighted by Gasteiger charge is 2.32. The van der Waals surface area contributed by atoms with E-state index in [4.69, 9.17) is 16.6 Å². The van der Waals surface area contributed by atoms with Gasteiger partial charge in [-0.25, -0.2) is 4.79 Å². The molecular formula is C26H48N6O8. The highest BCUT2D eigenvalue weighted by molar-refractivity contribution is 5.95. The number of carboxylic acid groups (broad SMARTS) is 2. The van der Waals surface area contributed by atoms with Crippen molar-refractivity contribution in [2.24, 2.45) is 23.3 Å². The van der Waals surface area contributed by atoms with Crippen molar-refractivity contribution in [3.05, 3.63) is 0 Å². The van der Waals surface area contributed by atoms with Crippen LogP contribution in [-0.2, 0) is 28.8 Å². The smallest absolute Gasteiger partial charge is 0.326 e. The molecule has 14 nitrogen and oxygen atoms in total. The quantitative estimate of drug-likeness (QED) is 0.0864. The molecule has 0 fully saturated rings. The number of rotatable bonds is 20. The van der Waals surface area contributed by atoms with E-state index in [-0.39, 0.29) is 24.7 Å². The van der Waals surface area contributed by atoms with Gasteiger partial charge in [-0.15, -0.1) is 0 Å². The van der Waals surface area contributed by atoms with Gasteiger partial charge in [0.2, 0.25) is 23.6 Å². The maximum Gasteiger partial charge on any atom is 0.326 e. The van der Waals surface area contributed by atoms with E-state index in [1.54, 1.807) is 6.92 Å². The molecule has 40 heavy (non-hydrogen) atoms. The van der Waals surface area contributed by atoms with Crippen molar-refractivity contribution >= 4 is 35.6 Å². The van der Waals surface area contributed by atoms with Crippen molar-refractivity contribution in [1.29, 1.82) is 0 Å². The van der Waals surface area contributed by atoms with Gasteiger partial charge in [0.25, 0.3) is 0 Å². The molecule has 0 rings (SSSR count). The summed E-state index contributed by atoms with van der Waals surface area (Å²) in [4.78, 5) is 74.1. The van der Waals surface area contributed by atoms with E-state index in [1.165, 1.54) is 6.92 Å². The lowest BCUT2D eigenvalue weighted by molar-refractivity contribution is -0.143. The molecule has 0 radical (unpaired) electrons. The number of hydrogen-bond acceptors (Lipinski definition) is 8. The first kappa shape index (κ1) is 36.7. The van der Waals surface area contributed by atoms with Crippen LogP contribution in [0, 0.1) is 11.8 Å². The number of carbonyl (C=O) groups is 6. The van der Waals surface area contributed by atoms with Crippen LogP contribution in [0.1, 0.15) is 79.6 Å². The van der Waals surface area contributed by atoms with Gasteiger partial charge < -0.3 is 42.9 Å². The van der Waals surface area contributed by atoms with Crippen LogP contribution in [0.25, 0.3) is 0 Å². The van der Waals surface area contributed by atoms with Gasteiger partial charge in [-0.1, -0.05) is 40.5 Å². The first-order valence-corrected chi connectivity index (χ1v) is 13.8. The summed E-state index contributed by atoms with van der Waals surface area (Å²) in [5.74, 6) is -5.66. The number of hydrogen-bond donors (Lipinski definition) is 8. The van der Waals surface area contributed by atoms with E-state index in [0.29, 0.717) is 32.2 Å². The fraction of sp³-hybridized carbons (Fsp3) is 0.769. The van der Waals surface area contributed by atoms with Crippen LogP contribution in [0.4, 0.5) is 0 Å². The molecule has 0 aromatic rings. The summed E-state index contributed by atoms with van der Waals surface area (Å²) in [6, 6.07) is -5.57. The standard InChI is InChI=1S/C26H48N6O8/c1-6-14(3)20(28)24(37)32-21(15(4)7-2)25(38)29-16(5)22(35)30-17(11-12-19(33)34)23(36)31-18(26(39)40)10-8-9-13-27/h14-18,20-21H,6-13,27-28H2,1-5H3,(H,29,38)(H,30,35)(H,31,36)(H,32,37)(H,33,34)(H,39,40). The Hall–Kier alpha value is -3.26. The number of carbonyl (C=O) groups excluding carboxylic acids is 4. The molecule has 7 atom stereocenters. The number of amides is 4. The molecule has 0 saturated carbocycles. The van der Waals surface area contributed by atoms with Gasteiger partial charge in [-0.2, -0.15) is 0 Å². The lowest BCUT2D eigenvalue weighted by Gasteiger charge is -2.28. The van der Waals surface area contributed by atoms with Crippen LogP contribution >= 0.6 is 0 Å². The summed E-state index contributed by atoms with van der Waals surface area (Å²) < 4.78 is 0. The molecule has 4 amide bonds. The minimum atomic E-state index is -1.36. The first-order valence-electron chi connectivity index (χ1n) is 13.8. The van der Waals surface area contributed by atoms with Crippen molar-refractivity contribution in [3.63, 3.8) is 0 Å². The molecule has 0 spiro atoms. The van der Waals surface area contributed by atoms with E-state index >= 15 is 0 Å². The van der Waals surface area contributed by atoms with E-state index < -0.39 is 72.2 Å². The normalized spacial score (nSPS) is 16.3. The zero-order valence-corrected chi connectivity index (χ0v) is 24.2. The Labute approximate surface area is 235 Å². The van der Waals surface area contributed by atoms with Gasteiger partial charge in [-0.3, -0.25) is 24.0 Å². The Morgan fingerprint density at radius 2 is 1.27 bits per heavy atom. The van der Waals surface area contributed by atoms with Gasteiger partial charge >= 0.3 is 11.9 Å². The van der Waals surface area contributed by atoms with Gasteiger partial charge in [0, 0.05) is 6.42 Å². The maximum atomic E-state index is 13.1. The van der Waals surface area contributed by atoms with Crippen LogP contribution in [0.3, 0.4) is 0 Å². The Balaban J connectivity index is 5.52. The van der Waals surface area contributed by atoms with Crippen LogP contribution in [0.5, 0.6) is 0 Å². The lowest BCUT2D eigenvalue weighted by Crippen LogP contribution is -2.59. The van der Waals surface area contributed by atoms with Gasteiger partial charge in [0.1, 0.15) is 24.2 Å². The summed E-state index contributed by atoms with van der Waals surface area (Å²) in [5, 5.41) is 28.4. The monoisotopic (exact) mass is 572 g/mol. The van der Waals surface area contributed by atoms with Crippen LogP contribution < -0.4 is 32.7 Å². The zero-order chi connectivity index (χ0) is 31.0. The molecule has 0 aliphatic heterocycles. The Morgan fingerprint density at radius 1 is 0.700 bits per heavy atom. The van der Waals surface area contributed by atoms with Gasteiger partial charge in [0.15, 0.2) is 0 Å². The number of nitrogens with one attached hydrogen (secondary N) is 4. The minimum Gasteiger partial charge on any atom is -0.481 e. The van der Waals surface area contributed by atoms with Crippen molar-refractivity contribution in [2.45, 2.75) is 110 Å². The minimum absolute atomic E-state index is 0.105. The molecule has 0 aromatic carbocycles. The Morgan fingerprint density at radius 3 is 1.77 bits per heavy atom. The molecule has 0 aromatic heterocycles. The predicted octanol–water partition coefficient (Wildman–Crippen LogP) is -0.557. The number of unbranched alkanes of at least 4 members (excludes halogenated alkanes) is 1. The molecule has 0 heterocycles. The van der Waals surface area contributed by atoms with Crippen LogP contribution in [0.15, 0.2) is 0 Å². The molecule has 7 unspecified atom stereocenters. The second-order valence-corrected chi connectivity index (χ2v) is 10.2. The van der Waals surface area contributed by atoms with E-state index in [9.17, 15) is 33.9 Å². The summed E-state index contributed by atoms with van der Waals surface area (Å²) in [7, 11) is 0. The third-order valence-corrected chi connectivity index (χ3v) is 6.95. The second-order valence-electron chi connectivity index (χ2n) is 10.2. The molecule has 230 valence electrons. The molecule has 0 bridgehead atoms. The number of aliphatic carboxylic acids is 2. The lowest BCUT2D eigenvalue weighted by atomic mass is 9.95. The van der Waals surface area contributed by atoms with Crippen molar-refractivity contribution in [3.8, 4) is 0 Å². The number of nitrogens with two attached hydrogens (primary N) is 2. The molecule has 10 N–H and O–H groups in total. The summed E-state index contributed by atoms with van der Waals surface area (Å²) in [6.07, 6.45) is 1.55. The predicted molar refractivity (Wildman–Crippen MR) is 148 cm³/mol. The Bertz CT molecular complexity index is 870. The average Bonchev–Trinajstić information content (AvgIpc) is 2.91. The van der Waals surface area contributed by atoms with Gasteiger partial charge in [-0.05, 0) is 51.0 Å². The second kappa shape index (κ2) is 18.9. The zero-order valence-electron chi connectivity index (χ0n) is 24.2. The summed E-state index contributed by atoms with van der Waals surface area (Å²) in [5.41, 5.74) is 11.4. The highest BCUT2D eigenvalue weighted by Crippen LogP contribution is 2.11.